The smallest absolute Gasteiger partial charge is 0.290 e. The van der Waals surface area contributed by atoms with Crippen LogP contribution in [-0.4, -0.2) is 48.5 Å². The minimum absolute atomic E-state index is 0.144. The molecule has 1 aliphatic heterocycles. The molecule has 0 N–H and O–H groups in total. The van der Waals surface area contributed by atoms with E-state index in [-0.39, 0.29) is 17.1 Å². The van der Waals surface area contributed by atoms with Gasteiger partial charge in [-0.1, -0.05) is 56.3 Å². The number of hydrogen-bond acceptors (Lipinski definition) is 5. The Balaban J connectivity index is 1.71. The number of ether oxygens (including phenoxy) is 1. The third-order valence-corrected chi connectivity index (χ3v) is 6.89. The Bertz CT molecular complexity index is 1450. The molecule has 0 radical (unpaired) electrons. The van der Waals surface area contributed by atoms with Gasteiger partial charge in [-0.15, -0.1) is 0 Å². The van der Waals surface area contributed by atoms with E-state index in [0.29, 0.717) is 42.0 Å². The Morgan fingerprint density at radius 1 is 0.943 bits per heavy atom. The maximum Gasteiger partial charge on any atom is 0.290 e. The van der Waals surface area contributed by atoms with Crippen molar-refractivity contribution in [2.45, 2.75) is 26.8 Å². The van der Waals surface area contributed by atoms with Crippen molar-refractivity contribution in [1.29, 1.82) is 0 Å². The van der Waals surface area contributed by atoms with Crippen LogP contribution in [0.1, 0.15) is 48.5 Å². The Kier molecular flexibility index (Phi) is 6.31. The number of carbonyl (C=O) groups is 1. The van der Waals surface area contributed by atoms with Crippen LogP contribution in [0.15, 0.2) is 69.9 Å². The van der Waals surface area contributed by atoms with Crippen LogP contribution >= 0.6 is 0 Å². The van der Waals surface area contributed by atoms with E-state index < -0.39 is 6.04 Å². The lowest BCUT2D eigenvalue weighted by atomic mass is 9.97. The summed E-state index contributed by atoms with van der Waals surface area (Å²) >= 11 is 0. The SMILES string of the molecule is CCOc1cccc(C2c3c(oc4c(ccc5ccccc54)c3=O)C(=O)N2CCN(CC)CC)c1. The number of rotatable bonds is 8. The van der Waals surface area contributed by atoms with E-state index in [2.05, 4.69) is 18.7 Å². The zero-order valence-electron chi connectivity index (χ0n) is 20.4. The Labute approximate surface area is 204 Å². The van der Waals surface area contributed by atoms with Crippen molar-refractivity contribution in [3.05, 3.63) is 87.8 Å². The summed E-state index contributed by atoms with van der Waals surface area (Å²) in [6, 6.07) is 18.6. The van der Waals surface area contributed by atoms with E-state index in [1.54, 1.807) is 11.0 Å². The molecule has 6 heteroatoms. The number of amides is 1. The Hall–Kier alpha value is -3.64. The number of nitrogens with zero attached hydrogens (tertiary/aromatic N) is 2. The number of benzene rings is 3. The molecule has 0 saturated carbocycles. The van der Waals surface area contributed by atoms with Gasteiger partial charge in [0.2, 0.25) is 5.76 Å². The van der Waals surface area contributed by atoms with Crippen LogP contribution in [0.4, 0.5) is 0 Å². The average molecular weight is 471 g/mol. The molecule has 4 aromatic rings. The minimum Gasteiger partial charge on any atom is -0.494 e. The fourth-order valence-electron chi connectivity index (χ4n) is 5.06. The minimum atomic E-state index is -0.527. The molecule has 0 bridgehead atoms. The van der Waals surface area contributed by atoms with Crippen LogP contribution in [0.3, 0.4) is 0 Å². The van der Waals surface area contributed by atoms with Crippen molar-refractivity contribution in [3.63, 3.8) is 0 Å². The van der Waals surface area contributed by atoms with Gasteiger partial charge < -0.3 is 19.0 Å². The normalized spacial score (nSPS) is 15.4. The van der Waals surface area contributed by atoms with Gasteiger partial charge in [-0.05, 0) is 49.2 Å². The summed E-state index contributed by atoms with van der Waals surface area (Å²) in [6.45, 7) is 9.67. The topological polar surface area (TPSA) is 63.0 Å². The second-order valence-electron chi connectivity index (χ2n) is 8.77. The molecular formula is C29H30N2O4. The van der Waals surface area contributed by atoms with Crippen LogP contribution in [0, 0.1) is 0 Å². The zero-order chi connectivity index (χ0) is 24.5. The van der Waals surface area contributed by atoms with Gasteiger partial charge in [-0.25, -0.2) is 0 Å². The second kappa shape index (κ2) is 9.55. The quantitative estimate of drug-likeness (QED) is 0.330. The summed E-state index contributed by atoms with van der Waals surface area (Å²) in [7, 11) is 0. The van der Waals surface area contributed by atoms with Crippen molar-refractivity contribution in [2.24, 2.45) is 0 Å². The number of carbonyl (C=O) groups excluding carboxylic acids is 1. The summed E-state index contributed by atoms with van der Waals surface area (Å²) in [5.74, 6) is 0.613. The van der Waals surface area contributed by atoms with Gasteiger partial charge in [-0.3, -0.25) is 9.59 Å². The first-order chi connectivity index (χ1) is 17.1. The molecule has 6 nitrogen and oxygen atoms in total. The third-order valence-electron chi connectivity index (χ3n) is 6.89. The summed E-state index contributed by atoms with van der Waals surface area (Å²) in [4.78, 5) is 31.7. The van der Waals surface area contributed by atoms with E-state index in [1.807, 2.05) is 61.5 Å². The highest BCUT2D eigenvalue weighted by Gasteiger charge is 2.42. The van der Waals surface area contributed by atoms with Gasteiger partial charge in [0, 0.05) is 18.5 Å². The number of hydrogen-bond donors (Lipinski definition) is 0. The van der Waals surface area contributed by atoms with Crippen molar-refractivity contribution in [2.75, 3.05) is 32.8 Å². The summed E-state index contributed by atoms with van der Waals surface area (Å²) < 4.78 is 12.0. The van der Waals surface area contributed by atoms with E-state index >= 15 is 0 Å². The molecule has 1 aromatic heterocycles. The standard InChI is InChI=1S/C29H30N2O4/c1-4-30(5-2)16-17-31-25(20-11-9-12-21(18-20)34-6-3)24-26(32)23-15-14-19-10-7-8-13-22(19)27(23)35-28(24)29(31)33/h7-15,18,25H,4-6,16-17H2,1-3H3. The molecular weight excluding hydrogens is 440 g/mol. The summed E-state index contributed by atoms with van der Waals surface area (Å²) in [5, 5.41) is 2.29. The molecule has 0 spiro atoms. The second-order valence-corrected chi connectivity index (χ2v) is 8.77. The van der Waals surface area contributed by atoms with E-state index in [0.717, 1.165) is 29.4 Å². The lowest BCUT2D eigenvalue weighted by Crippen LogP contribution is -2.37. The zero-order valence-corrected chi connectivity index (χ0v) is 20.4. The maximum atomic E-state index is 13.9. The summed E-state index contributed by atoms with van der Waals surface area (Å²) in [6.07, 6.45) is 0. The first kappa shape index (κ1) is 23.1. The van der Waals surface area contributed by atoms with Gasteiger partial charge in [0.05, 0.1) is 23.6 Å². The van der Waals surface area contributed by atoms with Crippen LogP contribution in [0.2, 0.25) is 0 Å². The lowest BCUT2D eigenvalue weighted by Gasteiger charge is -2.28. The molecule has 5 rings (SSSR count). The maximum absolute atomic E-state index is 13.9. The molecule has 180 valence electrons. The van der Waals surface area contributed by atoms with Crippen molar-refractivity contribution in [1.82, 2.24) is 9.80 Å². The highest BCUT2D eigenvalue weighted by Crippen LogP contribution is 2.39. The molecule has 3 aromatic carbocycles. The van der Waals surface area contributed by atoms with Gasteiger partial charge in [0.1, 0.15) is 11.3 Å². The Morgan fingerprint density at radius 3 is 2.51 bits per heavy atom. The van der Waals surface area contributed by atoms with Crippen LogP contribution in [0.25, 0.3) is 21.7 Å². The van der Waals surface area contributed by atoms with E-state index in [9.17, 15) is 9.59 Å². The van der Waals surface area contributed by atoms with Crippen molar-refractivity contribution < 1.29 is 13.9 Å². The van der Waals surface area contributed by atoms with Gasteiger partial charge in [0.25, 0.3) is 5.91 Å². The highest BCUT2D eigenvalue weighted by atomic mass is 16.5. The lowest BCUT2D eigenvalue weighted by molar-refractivity contribution is 0.0708. The van der Waals surface area contributed by atoms with Crippen LogP contribution < -0.4 is 10.2 Å². The average Bonchev–Trinajstić information content (AvgIpc) is 3.17. The van der Waals surface area contributed by atoms with Crippen LogP contribution in [-0.2, 0) is 0 Å². The molecule has 0 saturated heterocycles. The number of likely N-dealkylation sites (N-methyl/N-ethyl adjacent to an activating group) is 1. The highest BCUT2D eigenvalue weighted by molar-refractivity contribution is 6.06. The number of fused-ring (bicyclic) bond motifs is 4. The van der Waals surface area contributed by atoms with E-state index in [4.69, 9.17) is 9.15 Å². The van der Waals surface area contributed by atoms with Gasteiger partial charge in [-0.2, -0.15) is 0 Å². The first-order valence-corrected chi connectivity index (χ1v) is 12.3. The predicted octanol–water partition coefficient (Wildman–Crippen LogP) is 5.23. The molecule has 1 atom stereocenters. The molecule has 1 amide bonds. The molecule has 1 unspecified atom stereocenters. The third kappa shape index (κ3) is 3.98. The molecule has 0 fully saturated rings. The Morgan fingerprint density at radius 2 is 1.74 bits per heavy atom. The monoisotopic (exact) mass is 470 g/mol. The molecule has 0 aliphatic carbocycles. The first-order valence-electron chi connectivity index (χ1n) is 12.3. The largest absolute Gasteiger partial charge is 0.494 e. The van der Waals surface area contributed by atoms with Gasteiger partial charge >= 0.3 is 0 Å². The summed E-state index contributed by atoms with van der Waals surface area (Å²) in [5.41, 5.74) is 1.56. The fourth-order valence-corrected chi connectivity index (χ4v) is 5.06. The molecule has 2 heterocycles. The van der Waals surface area contributed by atoms with Gasteiger partial charge in [0.15, 0.2) is 5.43 Å². The predicted molar refractivity (Wildman–Crippen MR) is 138 cm³/mol. The molecule has 35 heavy (non-hydrogen) atoms. The van der Waals surface area contributed by atoms with E-state index in [1.165, 1.54) is 0 Å². The van der Waals surface area contributed by atoms with Crippen LogP contribution in [0.5, 0.6) is 5.75 Å². The van der Waals surface area contributed by atoms with Crippen molar-refractivity contribution >= 4 is 27.6 Å². The fraction of sp³-hybridized carbons (Fsp3) is 0.310. The molecule has 1 aliphatic rings. The van der Waals surface area contributed by atoms with Crippen molar-refractivity contribution in [3.8, 4) is 5.75 Å².